The fraction of sp³-hybridized carbons (Fsp3) is 0.250. The van der Waals surface area contributed by atoms with Gasteiger partial charge in [-0.05, 0) is 57.2 Å². The molecular formula is C24H23ClO4S3. The number of aryl methyl sites for hydroxylation is 3. The highest BCUT2D eigenvalue weighted by Gasteiger charge is 2.77. The molecule has 2 unspecified atom stereocenters. The fourth-order valence-electron chi connectivity index (χ4n) is 3.26. The van der Waals surface area contributed by atoms with E-state index in [1.54, 1.807) is 23.5 Å². The number of hydrogen-bond donors (Lipinski definition) is 0. The van der Waals surface area contributed by atoms with E-state index < -0.39 is 15.2 Å². The molecule has 4 rings (SSSR count). The van der Waals surface area contributed by atoms with E-state index in [1.165, 1.54) is 11.8 Å². The molecule has 1 aliphatic rings. The van der Waals surface area contributed by atoms with Crippen LogP contribution in [-0.4, -0.2) is 15.4 Å². The van der Waals surface area contributed by atoms with Gasteiger partial charge in [-0.15, -0.1) is 23.5 Å². The molecule has 3 aromatic rings. The van der Waals surface area contributed by atoms with Crippen LogP contribution in [0.25, 0.3) is 0 Å². The molecule has 3 aromatic carbocycles. The molecular weight excluding hydrogens is 484 g/mol. The minimum absolute atomic E-state index is 0.237. The average molecular weight is 507 g/mol. The van der Waals surface area contributed by atoms with Crippen molar-refractivity contribution in [3.8, 4) is 0 Å². The topological polar surface area (TPSA) is 78.4 Å². The lowest BCUT2D eigenvalue weighted by molar-refractivity contribution is -1.92. The van der Waals surface area contributed by atoms with Gasteiger partial charge in [0.15, 0.2) is 0 Å². The summed E-state index contributed by atoms with van der Waals surface area (Å²) in [6.45, 7) is 6.03. The van der Waals surface area contributed by atoms with Crippen molar-refractivity contribution in [3.63, 3.8) is 0 Å². The summed E-state index contributed by atoms with van der Waals surface area (Å²) >= 11 is 4.39. The predicted molar refractivity (Wildman–Crippen MR) is 123 cm³/mol. The third-order valence-corrected chi connectivity index (χ3v) is 10.3. The molecule has 1 aliphatic carbocycles. The normalized spacial score (nSPS) is 22.7. The van der Waals surface area contributed by atoms with Crippen molar-refractivity contribution in [1.82, 2.24) is 0 Å². The molecule has 0 spiro atoms. The van der Waals surface area contributed by atoms with Gasteiger partial charge in [0.05, 0.1) is 25.0 Å². The van der Waals surface area contributed by atoms with Crippen molar-refractivity contribution in [2.24, 2.45) is 0 Å². The smallest absolute Gasteiger partial charge is 0.183 e. The van der Waals surface area contributed by atoms with Crippen LogP contribution in [0.5, 0.6) is 0 Å². The monoisotopic (exact) mass is 506 g/mol. The number of rotatable bonds is 8. The van der Waals surface area contributed by atoms with Crippen molar-refractivity contribution < 1.29 is 28.5 Å². The summed E-state index contributed by atoms with van der Waals surface area (Å²) in [5, 5.41) is -0.474. The predicted octanol–water partition coefficient (Wildman–Crippen LogP) is 3.65. The highest BCUT2D eigenvalue weighted by Crippen LogP contribution is 2.66. The Labute approximate surface area is 203 Å². The molecule has 0 amide bonds. The van der Waals surface area contributed by atoms with Crippen LogP contribution < -0.4 is 14.0 Å². The van der Waals surface area contributed by atoms with Crippen LogP contribution in [0.1, 0.15) is 16.7 Å². The Morgan fingerprint density at radius 1 is 0.625 bits per heavy atom. The molecule has 0 saturated heterocycles. The van der Waals surface area contributed by atoms with Gasteiger partial charge < -0.3 is 0 Å². The summed E-state index contributed by atoms with van der Waals surface area (Å²) < 4.78 is 40.6. The third-order valence-electron chi connectivity index (χ3n) is 5.04. The van der Waals surface area contributed by atoms with E-state index in [0.29, 0.717) is 0 Å². The van der Waals surface area contributed by atoms with Gasteiger partial charge in [-0.1, -0.05) is 64.9 Å². The van der Waals surface area contributed by atoms with Gasteiger partial charge in [0, 0.05) is 14.7 Å². The van der Waals surface area contributed by atoms with Gasteiger partial charge in [-0.3, -0.25) is 0 Å². The van der Waals surface area contributed by atoms with Gasteiger partial charge in [0.25, 0.3) is 4.93 Å². The molecule has 32 heavy (non-hydrogen) atoms. The number of thioether (sulfide) groups is 3. The molecule has 0 bridgehead atoms. The molecule has 8 heteroatoms. The van der Waals surface area contributed by atoms with Crippen LogP contribution in [0, 0.1) is 31.0 Å². The van der Waals surface area contributed by atoms with Crippen molar-refractivity contribution in [1.29, 1.82) is 0 Å². The van der Waals surface area contributed by atoms with E-state index in [9.17, 15) is 14.0 Å². The van der Waals surface area contributed by atoms with Gasteiger partial charge in [0.2, 0.25) is 0 Å². The quantitative estimate of drug-likeness (QED) is 0.431. The second kappa shape index (κ2) is 9.60. The fourth-order valence-corrected chi connectivity index (χ4v) is 8.84. The summed E-state index contributed by atoms with van der Waals surface area (Å²) in [6.07, 6.45) is 0. The van der Waals surface area contributed by atoms with Gasteiger partial charge >= 0.3 is 0 Å². The van der Waals surface area contributed by atoms with E-state index in [-0.39, 0.29) is 10.5 Å². The van der Waals surface area contributed by atoms with E-state index in [2.05, 4.69) is 0 Å². The first-order valence-electron chi connectivity index (χ1n) is 9.98. The summed E-state index contributed by atoms with van der Waals surface area (Å²) in [5.41, 5.74) is 3.40. The van der Waals surface area contributed by atoms with Crippen LogP contribution in [0.2, 0.25) is 0 Å². The summed E-state index contributed by atoms with van der Waals surface area (Å²) in [7, 11) is -4.60. The maximum absolute atomic E-state index is 11.8. The Balaban J connectivity index is 1.67. The van der Waals surface area contributed by atoms with Crippen molar-refractivity contribution in [2.75, 3.05) is 0 Å². The number of hydrogen-bond acceptors (Lipinski definition) is 7. The molecule has 1 fully saturated rings. The zero-order chi connectivity index (χ0) is 22.9. The molecule has 0 radical (unpaired) electrons. The maximum atomic E-state index is 11.8. The standard InChI is InChI=1S/C24H23ClO4S3/c1-16-4-10-19(11-5-16)30-22-23(31-20-12-6-17(2)7-13-20)24(22,29-25(26,27)28)32-21-14-8-18(3)9-15-21/h4-15,22-23H,1-3H3. The van der Waals surface area contributed by atoms with Crippen LogP contribution in [0.3, 0.4) is 0 Å². The van der Waals surface area contributed by atoms with E-state index >= 15 is 0 Å². The molecule has 168 valence electrons. The first-order valence-corrected chi connectivity index (χ1v) is 13.8. The lowest BCUT2D eigenvalue weighted by atomic mass is 10.2. The molecule has 0 N–H and O–H groups in total. The van der Waals surface area contributed by atoms with Crippen molar-refractivity contribution >= 4 is 35.3 Å². The maximum Gasteiger partial charge on any atom is 0.299 e. The lowest BCUT2D eigenvalue weighted by Gasteiger charge is -2.19. The minimum Gasteiger partial charge on any atom is -0.183 e. The number of halogens is 1. The van der Waals surface area contributed by atoms with Gasteiger partial charge in [0.1, 0.15) is 0 Å². The zero-order valence-electron chi connectivity index (χ0n) is 17.8. The van der Waals surface area contributed by atoms with Crippen LogP contribution in [0.4, 0.5) is 0 Å². The highest BCUT2D eigenvalue weighted by molar-refractivity contribution is 8.09. The minimum atomic E-state index is -4.60. The first kappa shape index (κ1) is 24.0. The van der Waals surface area contributed by atoms with Crippen LogP contribution in [0.15, 0.2) is 87.5 Å². The van der Waals surface area contributed by atoms with Crippen LogP contribution >= 0.6 is 35.3 Å². The third kappa shape index (κ3) is 5.85. The van der Waals surface area contributed by atoms with E-state index in [1.807, 2.05) is 93.6 Å². The largest absolute Gasteiger partial charge is 0.299 e. The molecule has 4 nitrogen and oxygen atoms in total. The molecule has 0 heterocycles. The van der Waals surface area contributed by atoms with E-state index in [0.717, 1.165) is 31.4 Å². The lowest BCUT2D eigenvalue weighted by Crippen LogP contribution is -2.62. The van der Waals surface area contributed by atoms with Gasteiger partial charge in [-0.25, -0.2) is 0 Å². The first-order chi connectivity index (χ1) is 15.1. The Bertz CT molecular complexity index is 997. The summed E-state index contributed by atoms with van der Waals surface area (Å²) in [6, 6.07) is 23.9. The Morgan fingerprint density at radius 2 is 0.969 bits per heavy atom. The summed E-state index contributed by atoms with van der Waals surface area (Å²) in [4.78, 5) is 1.66. The highest BCUT2D eigenvalue weighted by atomic mass is 35.7. The average Bonchev–Trinajstić information content (AvgIpc) is 3.28. The van der Waals surface area contributed by atoms with Crippen molar-refractivity contribution in [2.45, 2.75) is 50.9 Å². The second-order valence-electron chi connectivity index (χ2n) is 7.79. The Morgan fingerprint density at radius 3 is 1.31 bits per heavy atom. The van der Waals surface area contributed by atoms with Gasteiger partial charge in [-0.2, -0.15) is 14.0 Å². The molecule has 0 aliphatic heterocycles. The summed E-state index contributed by atoms with van der Waals surface area (Å²) in [5.74, 6) is 0. The zero-order valence-corrected chi connectivity index (χ0v) is 21.0. The van der Waals surface area contributed by atoms with E-state index in [4.69, 9.17) is 4.29 Å². The Kier molecular flexibility index (Phi) is 7.20. The number of benzene rings is 3. The Hall–Kier alpha value is -1.16. The SMILES string of the molecule is Cc1ccc(SC2C(Sc3ccc(C)cc3)C2(O[Cl+3]([O-])([O-])[O-])Sc2ccc(C)cc2)cc1. The second-order valence-corrected chi connectivity index (χ2v) is 12.4. The molecule has 1 saturated carbocycles. The van der Waals surface area contributed by atoms with Crippen molar-refractivity contribution in [3.05, 3.63) is 89.5 Å². The molecule has 0 aromatic heterocycles. The molecule has 2 atom stereocenters. The van der Waals surface area contributed by atoms with Crippen LogP contribution in [-0.2, 0) is 4.29 Å².